The van der Waals surface area contributed by atoms with Gasteiger partial charge in [-0.25, -0.2) is 0 Å². The van der Waals surface area contributed by atoms with E-state index in [1.54, 1.807) is 0 Å². The molecule has 0 saturated heterocycles. The molecule has 11 heavy (non-hydrogen) atoms. The maximum absolute atomic E-state index is 5.70. The molecule has 0 heterocycles. The Balaban J connectivity index is 2.63. The zero-order valence-corrected chi connectivity index (χ0v) is 6.88. The SMILES string of the molecule is CCC=NC1=CCCC=C1N. The lowest BCUT2D eigenvalue weighted by Gasteiger charge is -2.06. The average Bonchev–Trinajstić information content (AvgIpc) is 2.03. The summed E-state index contributed by atoms with van der Waals surface area (Å²) in [6, 6.07) is 0. The van der Waals surface area contributed by atoms with E-state index in [4.69, 9.17) is 5.73 Å². The number of hydrogen-bond acceptors (Lipinski definition) is 2. The predicted molar refractivity (Wildman–Crippen MR) is 48.4 cm³/mol. The van der Waals surface area contributed by atoms with Crippen LogP contribution in [-0.4, -0.2) is 6.21 Å². The van der Waals surface area contributed by atoms with E-state index >= 15 is 0 Å². The highest BCUT2D eigenvalue weighted by molar-refractivity contribution is 5.59. The minimum absolute atomic E-state index is 0.820. The van der Waals surface area contributed by atoms with Crippen LogP contribution in [0.5, 0.6) is 0 Å². The van der Waals surface area contributed by atoms with Crippen molar-refractivity contribution in [2.75, 3.05) is 0 Å². The van der Waals surface area contributed by atoms with E-state index in [-0.39, 0.29) is 0 Å². The van der Waals surface area contributed by atoms with Crippen LogP contribution < -0.4 is 5.73 Å². The van der Waals surface area contributed by atoms with Gasteiger partial charge in [0.2, 0.25) is 0 Å². The molecule has 0 atom stereocenters. The summed E-state index contributed by atoms with van der Waals surface area (Å²) in [6.07, 6.45) is 9.08. The van der Waals surface area contributed by atoms with Crippen molar-refractivity contribution in [3.63, 3.8) is 0 Å². The summed E-state index contributed by atoms with van der Waals surface area (Å²) in [4.78, 5) is 4.23. The minimum Gasteiger partial charge on any atom is -0.397 e. The third kappa shape index (κ3) is 2.22. The monoisotopic (exact) mass is 150 g/mol. The predicted octanol–water partition coefficient (Wildman–Crippen LogP) is 1.99. The van der Waals surface area contributed by atoms with E-state index in [1.807, 2.05) is 12.3 Å². The first kappa shape index (κ1) is 8.05. The van der Waals surface area contributed by atoms with E-state index in [0.29, 0.717) is 0 Å². The van der Waals surface area contributed by atoms with Crippen molar-refractivity contribution in [2.45, 2.75) is 26.2 Å². The van der Waals surface area contributed by atoms with E-state index in [0.717, 1.165) is 30.7 Å². The number of nitrogens with zero attached hydrogens (tertiary/aromatic N) is 1. The Morgan fingerprint density at radius 3 is 2.91 bits per heavy atom. The van der Waals surface area contributed by atoms with Crippen LogP contribution in [0.2, 0.25) is 0 Å². The molecule has 0 spiro atoms. The van der Waals surface area contributed by atoms with Gasteiger partial charge in [0.05, 0.1) is 11.4 Å². The molecule has 0 aromatic carbocycles. The Morgan fingerprint density at radius 2 is 2.27 bits per heavy atom. The fourth-order valence-electron chi connectivity index (χ4n) is 0.998. The maximum Gasteiger partial charge on any atom is 0.0811 e. The van der Waals surface area contributed by atoms with Crippen molar-refractivity contribution < 1.29 is 0 Å². The summed E-state index contributed by atoms with van der Waals surface area (Å²) in [5, 5.41) is 0. The smallest absolute Gasteiger partial charge is 0.0811 e. The molecule has 2 nitrogen and oxygen atoms in total. The average molecular weight is 150 g/mol. The molecular weight excluding hydrogens is 136 g/mol. The Kier molecular flexibility index (Phi) is 2.90. The lowest BCUT2D eigenvalue weighted by molar-refractivity contribution is 0.973. The van der Waals surface area contributed by atoms with Crippen molar-refractivity contribution >= 4 is 6.21 Å². The molecule has 0 bridgehead atoms. The highest BCUT2D eigenvalue weighted by atomic mass is 14.8. The molecule has 0 saturated carbocycles. The Bertz CT molecular complexity index is 212. The van der Waals surface area contributed by atoms with Crippen LogP contribution in [0.1, 0.15) is 26.2 Å². The molecule has 1 aliphatic rings. The summed E-state index contributed by atoms with van der Waals surface area (Å²) < 4.78 is 0. The Hall–Kier alpha value is -1.05. The molecule has 0 aromatic heterocycles. The highest BCUT2D eigenvalue weighted by Gasteiger charge is 2.01. The molecule has 0 fully saturated rings. The molecule has 0 radical (unpaired) electrons. The molecule has 0 unspecified atom stereocenters. The minimum atomic E-state index is 0.820. The van der Waals surface area contributed by atoms with Gasteiger partial charge in [-0.1, -0.05) is 19.1 Å². The Labute approximate surface area is 67.5 Å². The number of rotatable bonds is 2. The molecular formula is C9H14N2. The van der Waals surface area contributed by atoms with Gasteiger partial charge in [-0.15, -0.1) is 0 Å². The van der Waals surface area contributed by atoms with E-state index < -0.39 is 0 Å². The number of aliphatic imine (C=N–C) groups is 1. The summed E-state index contributed by atoms with van der Waals surface area (Å²) in [5.41, 5.74) is 7.46. The first-order valence-corrected chi connectivity index (χ1v) is 4.03. The summed E-state index contributed by atoms with van der Waals surface area (Å²) in [5.74, 6) is 0. The zero-order valence-electron chi connectivity index (χ0n) is 6.88. The van der Waals surface area contributed by atoms with Crippen LogP contribution in [0.4, 0.5) is 0 Å². The molecule has 2 N–H and O–H groups in total. The van der Waals surface area contributed by atoms with E-state index in [2.05, 4.69) is 18.0 Å². The first-order valence-electron chi connectivity index (χ1n) is 4.03. The second-order valence-electron chi connectivity index (χ2n) is 2.55. The molecule has 0 aromatic rings. The van der Waals surface area contributed by atoms with Gasteiger partial charge in [-0.05, 0) is 19.3 Å². The van der Waals surface area contributed by atoms with Crippen LogP contribution in [0.3, 0.4) is 0 Å². The second-order valence-corrected chi connectivity index (χ2v) is 2.55. The quantitative estimate of drug-likeness (QED) is 0.600. The number of nitrogens with two attached hydrogens (primary N) is 1. The topological polar surface area (TPSA) is 38.4 Å². The zero-order chi connectivity index (χ0) is 8.10. The van der Waals surface area contributed by atoms with Gasteiger partial charge in [-0.2, -0.15) is 0 Å². The van der Waals surface area contributed by atoms with Gasteiger partial charge in [0.1, 0.15) is 0 Å². The largest absolute Gasteiger partial charge is 0.397 e. The van der Waals surface area contributed by atoms with Crippen molar-refractivity contribution in [2.24, 2.45) is 10.7 Å². The van der Waals surface area contributed by atoms with Gasteiger partial charge in [-0.3, -0.25) is 4.99 Å². The van der Waals surface area contributed by atoms with E-state index in [1.165, 1.54) is 0 Å². The van der Waals surface area contributed by atoms with Gasteiger partial charge in [0, 0.05) is 6.21 Å². The lowest BCUT2D eigenvalue weighted by atomic mass is 10.1. The van der Waals surface area contributed by atoms with Crippen molar-refractivity contribution in [3.05, 3.63) is 23.5 Å². The summed E-state index contributed by atoms with van der Waals surface area (Å²) in [6.45, 7) is 2.06. The molecule has 2 heteroatoms. The van der Waals surface area contributed by atoms with Crippen LogP contribution in [0.15, 0.2) is 28.5 Å². The molecule has 1 rings (SSSR count). The van der Waals surface area contributed by atoms with Gasteiger partial charge >= 0.3 is 0 Å². The number of hydrogen-bond donors (Lipinski definition) is 1. The van der Waals surface area contributed by atoms with Gasteiger partial charge < -0.3 is 5.73 Å². The Morgan fingerprint density at radius 1 is 1.55 bits per heavy atom. The van der Waals surface area contributed by atoms with Crippen molar-refractivity contribution in [1.29, 1.82) is 0 Å². The fourth-order valence-corrected chi connectivity index (χ4v) is 0.998. The van der Waals surface area contributed by atoms with Crippen LogP contribution in [-0.2, 0) is 0 Å². The highest BCUT2D eigenvalue weighted by Crippen LogP contribution is 2.14. The summed E-state index contributed by atoms with van der Waals surface area (Å²) >= 11 is 0. The van der Waals surface area contributed by atoms with Crippen LogP contribution in [0, 0.1) is 0 Å². The molecule has 60 valence electrons. The molecule has 1 aliphatic carbocycles. The normalized spacial score (nSPS) is 18.3. The third-order valence-corrected chi connectivity index (χ3v) is 1.58. The van der Waals surface area contributed by atoms with E-state index in [9.17, 15) is 0 Å². The lowest BCUT2D eigenvalue weighted by Crippen LogP contribution is -2.02. The molecule has 0 aliphatic heterocycles. The first-order chi connectivity index (χ1) is 5.34. The standard InChI is InChI=1S/C9H14N2/c1-2-7-11-9-6-4-3-5-8(9)10/h5-7H,2-4,10H2,1H3. The van der Waals surface area contributed by atoms with Crippen molar-refractivity contribution in [1.82, 2.24) is 0 Å². The second kappa shape index (κ2) is 3.96. The molecule has 0 amide bonds. The third-order valence-electron chi connectivity index (χ3n) is 1.58. The van der Waals surface area contributed by atoms with Gasteiger partial charge in [0.25, 0.3) is 0 Å². The number of allylic oxidation sites excluding steroid dienone is 2. The summed E-state index contributed by atoms with van der Waals surface area (Å²) in [7, 11) is 0. The fraction of sp³-hybridized carbons (Fsp3) is 0.444. The van der Waals surface area contributed by atoms with Crippen molar-refractivity contribution in [3.8, 4) is 0 Å². The van der Waals surface area contributed by atoms with Crippen LogP contribution >= 0.6 is 0 Å². The van der Waals surface area contributed by atoms with Crippen LogP contribution in [0.25, 0.3) is 0 Å². The van der Waals surface area contributed by atoms with Gasteiger partial charge in [0.15, 0.2) is 0 Å². The maximum atomic E-state index is 5.70.